The van der Waals surface area contributed by atoms with Crippen molar-refractivity contribution in [3.05, 3.63) is 39.9 Å². The van der Waals surface area contributed by atoms with Gasteiger partial charge >= 0.3 is 0 Å². The van der Waals surface area contributed by atoms with Crippen LogP contribution in [0.3, 0.4) is 0 Å². The number of benzene rings is 1. The van der Waals surface area contributed by atoms with Crippen molar-refractivity contribution in [2.45, 2.75) is 13.3 Å². The van der Waals surface area contributed by atoms with Crippen LogP contribution in [0.1, 0.15) is 23.4 Å². The molecule has 1 heterocycles. The molecular weight excluding hydrogens is 349 g/mol. The van der Waals surface area contributed by atoms with Crippen molar-refractivity contribution in [2.24, 2.45) is 5.73 Å². The zero-order valence-electron chi connectivity index (χ0n) is 11.8. The number of hydrogen-bond donors (Lipinski definition) is 2. The number of para-hydroxylation sites is 1. The average Bonchev–Trinajstić information content (AvgIpc) is 2.88. The maximum Gasteiger partial charge on any atom is 0.291 e. The summed E-state index contributed by atoms with van der Waals surface area (Å²) in [6.07, 6.45) is 0.582. The van der Waals surface area contributed by atoms with Gasteiger partial charge in [-0.2, -0.15) is 0 Å². The van der Waals surface area contributed by atoms with Crippen LogP contribution in [0.4, 0.5) is 0 Å². The number of halogens is 3. The number of rotatable bonds is 5. The largest absolute Gasteiger partial charge is 0.348 e. The molecule has 1 aromatic carbocycles. The molecule has 0 saturated heterocycles. The van der Waals surface area contributed by atoms with Crippen molar-refractivity contribution >= 4 is 41.5 Å². The number of amides is 1. The molecule has 6 nitrogen and oxygen atoms in total. The molecule has 0 spiro atoms. The summed E-state index contributed by atoms with van der Waals surface area (Å²) in [5.41, 5.74) is 5.87. The van der Waals surface area contributed by atoms with Gasteiger partial charge in [-0.3, -0.25) is 4.79 Å². The lowest BCUT2D eigenvalue weighted by molar-refractivity contribution is 0.0944. The molecule has 120 valence electrons. The van der Waals surface area contributed by atoms with E-state index in [-0.39, 0.29) is 24.1 Å². The number of carbonyl (C=O) groups excluding carboxylic acids is 1. The Kier molecular flexibility index (Phi) is 7.09. The predicted octanol–water partition coefficient (Wildman–Crippen LogP) is 2.25. The number of aromatic nitrogens is 3. The maximum atomic E-state index is 11.9. The number of carbonyl (C=O) groups is 1. The summed E-state index contributed by atoms with van der Waals surface area (Å²) in [5.74, 6) is 0.288. The first-order valence-electron chi connectivity index (χ1n) is 6.47. The van der Waals surface area contributed by atoms with Gasteiger partial charge in [-0.05, 0) is 12.1 Å². The van der Waals surface area contributed by atoms with Crippen molar-refractivity contribution in [2.75, 3.05) is 13.1 Å². The molecule has 3 N–H and O–H groups in total. The Morgan fingerprint density at radius 2 is 2.00 bits per heavy atom. The van der Waals surface area contributed by atoms with Gasteiger partial charge in [-0.1, -0.05) is 36.2 Å². The third kappa shape index (κ3) is 3.89. The molecule has 0 saturated carbocycles. The monoisotopic (exact) mass is 363 g/mol. The minimum absolute atomic E-state index is 0. The number of nitrogens with one attached hydrogen (secondary N) is 1. The van der Waals surface area contributed by atoms with Gasteiger partial charge < -0.3 is 11.1 Å². The van der Waals surface area contributed by atoms with Gasteiger partial charge in [-0.25, -0.2) is 9.67 Å². The van der Waals surface area contributed by atoms with E-state index in [9.17, 15) is 4.79 Å². The second kappa shape index (κ2) is 8.33. The Hall–Kier alpha value is -1.34. The van der Waals surface area contributed by atoms with Crippen molar-refractivity contribution in [1.82, 2.24) is 20.1 Å². The van der Waals surface area contributed by atoms with Gasteiger partial charge in [0.1, 0.15) is 11.5 Å². The zero-order valence-corrected chi connectivity index (χ0v) is 14.2. The van der Waals surface area contributed by atoms with Crippen molar-refractivity contribution < 1.29 is 4.79 Å². The van der Waals surface area contributed by atoms with Crippen molar-refractivity contribution in [3.63, 3.8) is 0 Å². The van der Waals surface area contributed by atoms with Crippen molar-refractivity contribution in [3.8, 4) is 5.69 Å². The zero-order chi connectivity index (χ0) is 15.4. The first kappa shape index (κ1) is 18.7. The minimum Gasteiger partial charge on any atom is -0.348 e. The lowest BCUT2D eigenvalue weighted by Crippen LogP contribution is -2.29. The third-order valence-electron chi connectivity index (χ3n) is 2.77. The topological polar surface area (TPSA) is 85.8 Å². The van der Waals surface area contributed by atoms with Gasteiger partial charge in [0.15, 0.2) is 0 Å². The third-order valence-corrected chi connectivity index (χ3v) is 3.38. The smallest absolute Gasteiger partial charge is 0.291 e. The Morgan fingerprint density at radius 1 is 1.36 bits per heavy atom. The van der Waals surface area contributed by atoms with E-state index in [1.54, 1.807) is 18.2 Å². The number of nitrogens with two attached hydrogens (primary N) is 1. The second-order valence-corrected chi connectivity index (χ2v) is 5.05. The van der Waals surface area contributed by atoms with E-state index in [4.69, 9.17) is 28.9 Å². The number of hydrogen-bond acceptors (Lipinski definition) is 4. The molecule has 0 aliphatic rings. The normalized spacial score (nSPS) is 10.2. The summed E-state index contributed by atoms with van der Waals surface area (Å²) in [6.45, 7) is 2.62. The molecule has 0 aliphatic carbocycles. The van der Waals surface area contributed by atoms with E-state index >= 15 is 0 Å². The molecule has 0 aliphatic heterocycles. The van der Waals surface area contributed by atoms with E-state index in [0.29, 0.717) is 41.1 Å². The van der Waals surface area contributed by atoms with Crippen LogP contribution in [-0.4, -0.2) is 33.8 Å². The molecule has 9 heteroatoms. The Morgan fingerprint density at radius 3 is 2.55 bits per heavy atom. The average molecular weight is 365 g/mol. The van der Waals surface area contributed by atoms with Crippen LogP contribution >= 0.6 is 35.6 Å². The summed E-state index contributed by atoms with van der Waals surface area (Å²) < 4.78 is 1.50. The van der Waals surface area contributed by atoms with Gasteiger partial charge in [-0.15, -0.1) is 17.5 Å². The highest BCUT2D eigenvalue weighted by Gasteiger charge is 2.19. The fourth-order valence-corrected chi connectivity index (χ4v) is 2.36. The lowest BCUT2D eigenvalue weighted by Gasteiger charge is -2.08. The Bertz CT molecular complexity index is 639. The molecule has 22 heavy (non-hydrogen) atoms. The highest BCUT2D eigenvalue weighted by molar-refractivity contribution is 6.37. The summed E-state index contributed by atoms with van der Waals surface area (Å²) in [7, 11) is 0. The number of nitrogens with zero attached hydrogens (tertiary/aromatic N) is 3. The molecular formula is C13H16Cl3N5O. The van der Waals surface area contributed by atoms with E-state index in [1.807, 2.05) is 6.92 Å². The molecule has 2 aromatic rings. The fraction of sp³-hybridized carbons (Fsp3) is 0.308. The van der Waals surface area contributed by atoms with Crippen LogP contribution in [0.25, 0.3) is 5.69 Å². The summed E-state index contributed by atoms with van der Waals surface area (Å²) in [5, 5.41) is 7.72. The first-order valence-corrected chi connectivity index (χ1v) is 7.22. The van der Waals surface area contributed by atoms with E-state index in [0.717, 1.165) is 0 Å². The molecule has 0 fully saturated rings. The van der Waals surface area contributed by atoms with Gasteiger partial charge in [0.05, 0.1) is 10.0 Å². The molecule has 2 rings (SSSR count). The Labute approximate surface area is 144 Å². The highest BCUT2D eigenvalue weighted by Crippen LogP contribution is 2.28. The maximum absolute atomic E-state index is 11.9. The van der Waals surface area contributed by atoms with E-state index in [2.05, 4.69) is 15.4 Å². The standard InChI is InChI=1S/C13H15Cl2N5O.ClH/c1-2-10-18-12(13(21)17-7-6-16)19-20(10)11-8(14)4-3-5-9(11)15;/h3-5H,2,6-7,16H2,1H3,(H,17,21);1H. The molecule has 0 unspecified atom stereocenters. The molecule has 0 radical (unpaired) electrons. The summed E-state index contributed by atoms with van der Waals surface area (Å²) >= 11 is 12.4. The predicted molar refractivity (Wildman–Crippen MR) is 89.4 cm³/mol. The minimum atomic E-state index is -0.378. The first-order chi connectivity index (χ1) is 10.1. The van der Waals surface area contributed by atoms with Crippen LogP contribution in [0, 0.1) is 0 Å². The Balaban J connectivity index is 0.00000242. The quantitative estimate of drug-likeness (QED) is 0.852. The molecule has 1 aromatic heterocycles. The summed E-state index contributed by atoms with van der Waals surface area (Å²) in [6, 6.07) is 5.15. The number of aryl methyl sites for hydroxylation is 1. The molecule has 1 amide bonds. The van der Waals surface area contributed by atoms with Gasteiger partial charge in [0.25, 0.3) is 5.91 Å². The van der Waals surface area contributed by atoms with Crippen LogP contribution in [-0.2, 0) is 6.42 Å². The van der Waals surface area contributed by atoms with E-state index < -0.39 is 0 Å². The lowest BCUT2D eigenvalue weighted by atomic mass is 10.3. The van der Waals surface area contributed by atoms with Gasteiger partial charge in [0.2, 0.25) is 5.82 Å². The van der Waals surface area contributed by atoms with Crippen LogP contribution < -0.4 is 11.1 Å². The van der Waals surface area contributed by atoms with E-state index in [1.165, 1.54) is 4.68 Å². The van der Waals surface area contributed by atoms with Crippen molar-refractivity contribution in [1.29, 1.82) is 0 Å². The van der Waals surface area contributed by atoms with Crippen LogP contribution in [0.15, 0.2) is 18.2 Å². The van der Waals surface area contributed by atoms with Gasteiger partial charge in [0, 0.05) is 19.5 Å². The SMILES string of the molecule is CCc1nc(C(=O)NCCN)nn1-c1c(Cl)cccc1Cl.Cl. The summed E-state index contributed by atoms with van der Waals surface area (Å²) in [4.78, 5) is 16.1. The second-order valence-electron chi connectivity index (χ2n) is 4.23. The molecule has 0 bridgehead atoms. The van der Waals surface area contributed by atoms with Crippen LogP contribution in [0.2, 0.25) is 10.0 Å². The highest BCUT2D eigenvalue weighted by atomic mass is 35.5. The molecule has 0 atom stereocenters. The van der Waals surface area contributed by atoms with Crippen LogP contribution in [0.5, 0.6) is 0 Å². The fourth-order valence-electron chi connectivity index (χ4n) is 1.80.